The highest BCUT2D eigenvalue weighted by Crippen LogP contribution is 2.14. The van der Waals surface area contributed by atoms with Crippen LogP contribution < -0.4 is 25.3 Å². The maximum absolute atomic E-state index is 10.6. The molecule has 0 saturated carbocycles. The van der Waals surface area contributed by atoms with E-state index in [2.05, 4.69) is 76.7 Å². The molecule has 0 aromatic heterocycles. The van der Waals surface area contributed by atoms with Gasteiger partial charge in [-0.15, -0.1) is 0 Å². The van der Waals surface area contributed by atoms with E-state index in [-0.39, 0.29) is 13.2 Å². The zero-order valence-corrected chi connectivity index (χ0v) is 47.3. The van der Waals surface area contributed by atoms with Crippen molar-refractivity contribution in [2.24, 2.45) is 5.73 Å². The van der Waals surface area contributed by atoms with Crippen molar-refractivity contribution in [1.82, 2.24) is 15.1 Å². The smallest absolute Gasteiger partial charge is 0.264 e. The number of rotatable bonds is 43. The van der Waals surface area contributed by atoms with E-state index in [1.807, 2.05) is 50.4 Å². The number of hydrogen-bond donors (Lipinski definition) is 2. The van der Waals surface area contributed by atoms with E-state index in [4.69, 9.17) is 62.6 Å². The molecule has 0 unspecified atom stereocenters. The van der Waals surface area contributed by atoms with Gasteiger partial charge in [0.25, 0.3) is 10.1 Å². The molecule has 3 aromatic rings. The summed E-state index contributed by atoms with van der Waals surface area (Å²) in [6.07, 6.45) is 3.06. The van der Waals surface area contributed by atoms with Crippen molar-refractivity contribution in [3.8, 4) is 17.2 Å². The molecule has 0 aliphatic heterocycles. The van der Waals surface area contributed by atoms with E-state index >= 15 is 0 Å². The number of nitrogens with one attached hydrogen (secondary N) is 1. The number of hydrogen-bond acceptors (Lipinski definition) is 19. The molecule has 0 bridgehead atoms. The van der Waals surface area contributed by atoms with Crippen LogP contribution in [0, 0.1) is 0 Å². The molecular formula is C54H96N4O15S. The van der Waals surface area contributed by atoms with Gasteiger partial charge in [0.15, 0.2) is 0 Å². The van der Waals surface area contributed by atoms with Crippen molar-refractivity contribution >= 4 is 10.1 Å². The molecule has 19 nitrogen and oxygen atoms in total. The standard InChI is InChI=1S/C18H31NO4.C17H30N2O4.C10H22O6S.C9H13NO/c1-4-10-21-12-14-23-15-13-22-11-9-19(2)16-17-5-7-18(20-3)8-6-17;1-19(15-16-3-5-17(20-2)6-4-16)8-10-22-12-14-23-13-11-21-9-7-18;1-3-4-13-5-6-14-7-8-15-9-10-16-17(2,11)12;1-10-7-8-3-5-9(11-2)6-4-8/h5-8H,4,9-16H2,1-3H3;3-6H,7-15,18H2,1-2H3;3-10H2,1-2H3;3-6,10H,7H2,1-2H3. The lowest BCUT2D eigenvalue weighted by molar-refractivity contribution is 0.00984. The summed E-state index contributed by atoms with van der Waals surface area (Å²) in [5.74, 6) is 2.68. The van der Waals surface area contributed by atoms with E-state index in [9.17, 15) is 8.42 Å². The summed E-state index contributed by atoms with van der Waals surface area (Å²) in [6, 6.07) is 24.3. The quantitative estimate of drug-likeness (QED) is 0.0527. The summed E-state index contributed by atoms with van der Waals surface area (Å²) in [6.45, 7) is 19.9. The lowest BCUT2D eigenvalue weighted by Crippen LogP contribution is -2.23. The minimum absolute atomic E-state index is 0.0401. The maximum Gasteiger partial charge on any atom is 0.264 e. The predicted molar refractivity (Wildman–Crippen MR) is 292 cm³/mol. The summed E-state index contributed by atoms with van der Waals surface area (Å²) >= 11 is 0. The molecule has 428 valence electrons. The Balaban J connectivity index is 0.000000991. The molecule has 0 spiro atoms. The van der Waals surface area contributed by atoms with E-state index in [1.54, 1.807) is 21.3 Å². The summed E-state index contributed by atoms with van der Waals surface area (Å²) in [5, 5.41) is 3.08. The third-order valence-corrected chi connectivity index (χ3v) is 10.3. The molecule has 0 aliphatic rings. The van der Waals surface area contributed by atoms with Crippen LogP contribution in [-0.2, 0) is 76.6 Å². The lowest BCUT2D eigenvalue weighted by Gasteiger charge is -2.17. The number of methoxy groups -OCH3 is 3. The minimum atomic E-state index is -3.36. The average molecular weight is 1070 g/mol. The van der Waals surface area contributed by atoms with Crippen LogP contribution in [0.3, 0.4) is 0 Å². The van der Waals surface area contributed by atoms with Crippen LogP contribution >= 0.6 is 0 Å². The zero-order valence-electron chi connectivity index (χ0n) is 46.5. The molecule has 0 atom stereocenters. The van der Waals surface area contributed by atoms with Crippen LogP contribution in [0.5, 0.6) is 17.2 Å². The van der Waals surface area contributed by atoms with Gasteiger partial charge in [-0.2, -0.15) is 8.42 Å². The van der Waals surface area contributed by atoms with Gasteiger partial charge >= 0.3 is 0 Å². The molecule has 74 heavy (non-hydrogen) atoms. The third-order valence-electron chi connectivity index (χ3n) is 9.71. The van der Waals surface area contributed by atoms with Crippen LogP contribution in [0.15, 0.2) is 72.8 Å². The summed E-state index contributed by atoms with van der Waals surface area (Å²) in [5.41, 5.74) is 9.11. The average Bonchev–Trinajstić information content (AvgIpc) is 3.40. The molecule has 0 saturated heterocycles. The molecular weight excluding hydrogens is 977 g/mol. The first-order chi connectivity index (χ1) is 35.9. The molecule has 0 heterocycles. The second-order valence-electron chi connectivity index (χ2n) is 16.4. The molecule has 0 aliphatic carbocycles. The van der Waals surface area contributed by atoms with Crippen LogP contribution in [-0.4, -0.2) is 212 Å². The van der Waals surface area contributed by atoms with Crippen LogP contribution in [0.2, 0.25) is 0 Å². The Morgan fingerprint density at radius 3 is 1.00 bits per heavy atom. The third kappa shape index (κ3) is 46.9. The summed E-state index contributed by atoms with van der Waals surface area (Å²) in [7, 11) is 7.78. The van der Waals surface area contributed by atoms with Gasteiger partial charge in [-0.3, -0.25) is 14.0 Å². The Hall–Kier alpha value is -3.55. The number of likely N-dealkylation sites (N-methyl/N-ethyl adjacent to an activating group) is 2. The molecule has 20 heteroatoms. The Bertz CT molecular complexity index is 1660. The van der Waals surface area contributed by atoms with Gasteiger partial charge in [-0.25, -0.2) is 0 Å². The van der Waals surface area contributed by atoms with E-state index in [0.29, 0.717) is 106 Å². The fourth-order valence-electron chi connectivity index (χ4n) is 5.87. The lowest BCUT2D eigenvalue weighted by atomic mass is 10.2. The second-order valence-corrected chi connectivity index (χ2v) is 18.0. The van der Waals surface area contributed by atoms with Crippen LogP contribution in [0.25, 0.3) is 0 Å². The SMILES string of the molecule is CCCOCCOCCOCCN(C)Cc1ccc(OC)cc1.CCCOCCOCCOCCOS(C)(=O)=O.CNCc1ccc(OC)cc1.COc1ccc(CN(C)CCOCCOCCOCCN)cc1. The van der Waals surface area contributed by atoms with Gasteiger partial charge < -0.3 is 67.9 Å². The Labute approximate surface area is 445 Å². The second kappa shape index (κ2) is 51.6. The van der Waals surface area contributed by atoms with Gasteiger partial charge in [0.1, 0.15) is 17.2 Å². The molecule has 0 amide bonds. The number of ether oxygens (including phenoxy) is 12. The zero-order chi connectivity index (χ0) is 54.6. The summed E-state index contributed by atoms with van der Waals surface area (Å²) < 4.78 is 89.0. The first-order valence-corrected chi connectivity index (χ1v) is 27.4. The highest BCUT2D eigenvalue weighted by atomic mass is 32.2. The molecule has 3 aromatic carbocycles. The van der Waals surface area contributed by atoms with Crippen molar-refractivity contribution in [2.45, 2.75) is 46.3 Å². The highest BCUT2D eigenvalue weighted by Gasteiger charge is 2.04. The normalized spacial score (nSPS) is 11.1. The molecule has 0 fully saturated rings. The van der Waals surface area contributed by atoms with Crippen molar-refractivity contribution in [2.75, 3.05) is 194 Å². The van der Waals surface area contributed by atoms with Gasteiger partial charge in [-0.1, -0.05) is 50.2 Å². The number of nitrogens with two attached hydrogens (primary N) is 1. The van der Waals surface area contributed by atoms with Crippen molar-refractivity contribution in [3.63, 3.8) is 0 Å². The highest BCUT2D eigenvalue weighted by molar-refractivity contribution is 7.85. The van der Waals surface area contributed by atoms with Gasteiger partial charge in [0, 0.05) is 52.5 Å². The van der Waals surface area contributed by atoms with Crippen molar-refractivity contribution in [3.05, 3.63) is 89.5 Å². The van der Waals surface area contributed by atoms with E-state index in [1.165, 1.54) is 16.7 Å². The van der Waals surface area contributed by atoms with Crippen LogP contribution in [0.1, 0.15) is 43.4 Å². The molecule has 3 rings (SSSR count). The first-order valence-electron chi connectivity index (χ1n) is 25.6. The number of benzene rings is 3. The van der Waals surface area contributed by atoms with Crippen molar-refractivity contribution in [1.29, 1.82) is 0 Å². The fraction of sp³-hybridized carbons (Fsp3) is 0.667. The van der Waals surface area contributed by atoms with Gasteiger partial charge in [-0.05, 0) is 87.1 Å². The monoisotopic (exact) mass is 1070 g/mol. The van der Waals surface area contributed by atoms with Gasteiger partial charge in [0.2, 0.25) is 0 Å². The van der Waals surface area contributed by atoms with E-state index in [0.717, 1.165) is 82.3 Å². The first kappa shape index (κ1) is 70.5. The largest absolute Gasteiger partial charge is 0.497 e. The number of nitrogens with zero attached hydrogens (tertiary/aromatic N) is 2. The topological polar surface area (TPSA) is 199 Å². The van der Waals surface area contributed by atoms with Crippen LogP contribution in [0.4, 0.5) is 0 Å². The minimum Gasteiger partial charge on any atom is -0.497 e. The van der Waals surface area contributed by atoms with Gasteiger partial charge in [0.05, 0.1) is 140 Å². The fourth-order valence-corrected chi connectivity index (χ4v) is 6.24. The summed E-state index contributed by atoms with van der Waals surface area (Å²) in [4.78, 5) is 4.46. The maximum atomic E-state index is 10.6. The Morgan fingerprint density at radius 1 is 0.432 bits per heavy atom. The molecule has 0 radical (unpaired) electrons. The van der Waals surface area contributed by atoms with E-state index < -0.39 is 10.1 Å². The predicted octanol–water partition coefficient (Wildman–Crippen LogP) is 5.56. The Morgan fingerprint density at radius 2 is 0.716 bits per heavy atom. The molecule has 3 N–H and O–H groups in total. The Kier molecular flexibility index (Phi) is 49.1. The van der Waals surface area contributed by atoms with Crippen molar-refractivity contribution < 1.29 is 69.4 Å².